The van der Waals surface area contributed by atoms with Crippen molar-refractivity contribution in [2.24, 2.45) is 0 Å². The van der Waals surface area contributed by atoms with Crippen LogP contribution in [0.15, 0.2) is 6.07 Å². The van der Waals surface area contributed by atoms with Crippen molar-refractivity contribution >= 4 is 11.6 Å². The molecule has 1 unspecified atom stereocenters. The summed E-state index contributed by atoms with van der Waals surface area (Å²) in [7, 11) is 4.16. The summed E-state index contributed by atoms with van der Waals surface area (Å²) in [6.07, 6.45) is 0.803. The van der Waals surface area contributed by atoms with Crippen LogP contribution in [-0.2, 0) is 6.42 Å². The van der Waals surface area contributed by atoms with Gasteiger partial charge >= 0.3 is 0 Å². The minimum absolute atomic E-state index is 0.393. The Morgan fingerprint density at radius 2 is 1.94 bits per heavy atom. The summed E-state index contributed by atoms with van der Waals surface area (Å²) in [6, 6.07) is 2.25. The average Bonchev–Trinajstić information content (AvgIpc) is 2.28. The van der Waals surface area contributed by atoms with Gasteiger partial charge in [-0.05, 0) is 27.9 Å². The molecule has 0 spiro atoms. The molecule has 1 atom stereocenters. The third-order valence-electron chi connectivity index (χ3n) is 2.89. The van der Waals surface area contributed by atoms with E-state index in [1.54, 1.807) is 0 Å². The first-order chi connectivity index (χ1) is 8.47. The van der Waals surface area contributed by atoms with Crippen molar-refractivity contribution in [2.45, 2.75) is 33.2 Å². The van der Waals surface area contributed by atoms with Crippen LogP contribution in [0.25, 0.3) is 0 Å². The Morgan fingerprint density at radius 1 is 1.28 bits per heavy atom. The number of hydrogen-bond donors (Lipinski definition) is 1. The minimum atomic E-state index is 0.393. The Balaban J connectivity index is 2.97. The van der Waals surface area contributed by atoms with E-state index in [0.717, 1.165) is 31.2 Å². The van der Waals surface area contributed by atoms with E-state index in [-0.39, 0.29) is 0 Å². The maximum atomic E-state index is 5.84. The van der Waals surface area contributed by atoms with Gasteiger partial charge in [0.1, 0.15) is 17.5 Å². The maximum Gasteiger partial charge on any atom is 0.134 e. The molecule has 1 heterocycles. The quantitative estimate of drug-likeness (QED) is 0.828. The van der Waals surface area contributed by atoms with Gasteiger partial charge in [-0.2, -0.15) is 0 Å². The Bertz CT molecular complexity index is 378. The smallest absolute Gasteiger partial charge is 0.134 e. The molecule has 0 saturated carbocycles. The molecule has 18 heavy (non-hydrogen) atoms. The Labute approximate surface area is 110 Å². The summed E-state index contributed by atoms with van der Waals surface area (Å²) in [5.41, 5.74) is 5.84. The zero-order chi connectivity index (χ0) is 13.7. The van der Waals surface area contributed by atoms with Crippen molar-refractivity contribution in [2.75, 3.05) is 37.8 Å². The van der Waals surface area contributed by atoms with E-state index in [1.807, 2.05) is 13.0 Å². The lowest BCUT2D eigenvalue weighted by molar-refractivity contribution is 0.372. The topological polar surface area (TPSA) is 58.3 Å². The second-order valence-electron chi connectivity index (χ2n) is 4.82. The van der Waals surface area contributed by atoms with Crippen LogP contribution in [0.5, 0.6) is 0 Å². The zero-order valence-corrected chi connectivity index (χ0v) is 12.1. The van der Waals surface area contributed by atoms with Crippen molar-refractivity contribution in [3.05, 3.63) is 11.9 Å². The van der Waals surface area contributed by atoms with Gasteiger partial charge in [-0.25, -0.2) is 9.97 Å². The first-order valence-corrected chi connectivity index (χ1v) is 6.52. The third kappa shape index (κ3) is 3.84. The number of rotatable bonds is 6. The van der Waals surface area contributed by atoms with Crippen LogP contribution in [0.3, 0.4) is 0 Å². The van der Waals surface area contributed by atoms with E-state index in [4.69, 9.17) is 5.73 Å². The molecular weight excluding hydrogens is 226 g/mol. The van der Waals surface area contributed by atoms with E-state index in [2.05, 4.69) is 47.7 Å². The van der Waals surface area contributed by atoms with E-state index in [1.165, 1.54) is 0 Å². The molecule has 5 nitrogen and oxygen atoms in total. The molecule has 2 N–H and O–H groups in total. The molecule has 1 aromatic rings. The normalized spacial score (nSPS) is 12.8. The van der Waals surface area contributed by atoms with Crippen LogP contribution >= 0.6 is 0 Å². The van der Waals surface area contributed by atoms with Crippen LogP contribution in [0.1, 0.15) is 26.6 Å². The third-order valence-corrected chi connectivity index (χ3v) is 2.89. The van der Waals surface area contributed by atoms with Crippen LogP contribution in [0.4, 0.5) is 11.6 Å². The van der Waals surface area contributed by atoms with Gasteiger partial charge in [-0.3, -0.25) is 0 Å². The molecule has 5 heteroatoms. The summed E-state index contributed by atoms with van der Waals surface area (Å²) in [4.78, 5) is 13.2. The van der Waals surface area contributed by atoms with Crippen molar-refractivity contribution < 1.29 is 0 Å². The predicted molar refractivity (Wildman–Crippen MR) is 76.9 cm³/mol. The maximum absolute atomic E-state index is 5.84. The number of hydrogen-bond acceptors (Lipinski definition) is 5. The number of likely N-dealkylation sites (N-methyl/N-ethyl adjacent to an activating group) is 2. The van der Waals surface area contributed by atoms with Gasteiger partial charge in [0.25, 0.3) is 0 Å². The largest absolute Gasteiger partial charge is 0.384 e. The molecular formula is C13H25N5. The summed E-state index contributed by atoms with van der Waals surface area (Å²) in [6.45, 7) is 8.27. The SMILES string of the molecule is CCc1nc(N)cc(N(CC)C(C)CN(C)C)n1. The number of anilines is 2. The van der Waals surface area contributed by atoms with Gasteiger partial charge in [0, 0.05) is 31.6 Å². The molecule has 0 bridgehead atoms. The van der Waals surface area contributed by atoms with Gasteiger partial charge in [-0.15, -0.1) is 0 Å². The fourth-order valence-corrected chi connectivity index (χ4v) is 2.13. The number of aryl methyl sites for hydroxylation is 1. The molecule has 0 radical (unpaired) electrons. The van der Waals surface area contributed by atoms with Crippen molar-refractivity contribution in [1.82, 2.24) is 14.9 Å². The molecule has 0 aliphatic rings. The minimum Gasteiger partial charge on any atom is -0.384 e. The summed E-state index contributed by atoms with van der Waals surface area (Å²) >= 11 is 0. The molecule has 0 amide bonds. The summed E-state index contributed by atoms with van der Waals surface area (Å²) in [5, 5.41) is 0. The zero-order valence-electron chi connectivity index (χ0n) is 12.1. The number of nitrogen functional groups attached to an aromatic ring is 1. The summed E-state index contributed by atoms with van der Waals surface area (Å²) in [5.74, 6) is 2.28. The number of nitrogens with zero attached hydrogens (tertiary/aromatic N) is 4. The van der Waals surface area contributed by atoms with Gasteiger partial charge in [0.15, 0.2) is 0 Å². The van der Waals surface area contributed by atoms with Gasteiger partial charge in [-0.1, -0.05) is 6.92 Å². The molecule has 102 valence electrons. The second kappa shape index (κ2) is 6.54. The molecule has 0 aromatic carbocycles. The highest BCUT2D eigenvalue weighted by molar-refractivity contribution is 5.47. The van der Waals surface area contributed by atoms with Crippen LogP contribution in [0, 0.1) is 0 Å². The highest BCUT2D eigenvalue weighted by Gasteiger charge is 2.16. The summed E-state index contributed by atoms with van der Waals surface area (Å²) < 4.78 is 0. The lowest BCUT2D eigenvalue weighted by atomic mass is 10.2. The standard InChI is InChI=1S/C13H25N5/c1-6-12-15-11(14)8-13(16-12)18(7-2)10(3)9-17(4)5/h8,10H,6-7,9H2,1-5H3,(H2,14,15,16). The van der Waals surface area contributed by atoms with E-state index in [0.29, 0.717) is 11.9 Å². The van der Waals surface area contributed by atoms with E-state index >= 15 is 0 Å². The van der Waals surface area contributed by atoms with Crippen molar-refractivity contribution in [3.63, 3.8) is 0 Å². The molecule has 0 aliphatic heterocycles. The molecule has 0 fully saturated rings. The van der Waals surface area contributed by atoms with Crippen molar-refractivity contribution in [1.29, 1.82) is 0 Å². The van der Waals surface area contributed by atoms with E-state index in [9.17, 15) is 0 Å². The van der Waals surface area contributed by atoms with Gasteiger partial charge < -0.3 is 15.5 Å². The van der Waals surface area contributed by atoms with Crippen LogP contribution < -0.4 is 10.6 Å². The number of aromatic nitrogens is 2. The Morgan fingerprint density at radius 3 is 2.44 bits per heavy atom. The monoisotopic (exact) mass is 251 g/mol. The molecule has 0 saturated heterocycles. The molecule has 0 aliphatic carbocycles. The fraction of sp³-hybridized carbons (Fsp3) is 0.692. The predicted octanol–water partition coefficient (Wildman–Crippen LogP) is 1.40. The highest BCUT2D eigenvalue weighted by atomic mass is 15.2. The van der Waals surface area contributed by atoms with Crippen molar-refractivity contribution in [3.8, 4) is 0 Å². The first kappa shape index (κ1) is 14.7. The lowest BCUT2D eigenvalue weighted by Crippen LogP contribution is -2.40. The van der Waals surface area contributed by atoms with Crippen LogP contribution in [0.2, 0.25) is 0 Å². The molecule has 1 rings (SSSR count). The Hall–Kier alpha value is -1.36. The van der Waals surface area contributed by atoms with Gasteiger partial charge in [0.05, 0.1) is 0 Å². The first-order valence-electron chi connectivity index (χ1n) is 6.52. The number of nitrogens with two attached hydrogens (primary N) is 1. The second-order valence-corrected chi connectivity index (χ2v) is 4.82. The van der Waals surface area contributed by atoms with Crippen LogP contribution in [-0.4, -0.2) is 48.1 Å². The Kier molecular flexibility index (Phi) is 5.34. The fourth-order valence-electron chi connectivity index (χ4n) is 2.13. The highest BCUT2D eigenvalue weighted by Crippen LogP contribution is 2.17. The average molecular weight is 251 g/mol. The molecule has 1 aromatic heterocycles. The van der Waals surface area contributed by atoms with Gasteiger partial charge in [0.2, 0.25) is 0 Å². The lowest BCUT2D eigenvalue weighted by Gasteiger charge is -2.31. The van der Waals surface area contributed by atoms with E-state index < -0.39 is 0 Å².